The Morgan fingerprint density at radius 1 is 0.935 bits per heavy atom. The molecule has 5 aromatic rings. The van der Waals surface area contributed by atoms with Crippen LogP contribution >= 0.6 is 0 Å². The Morgan fingerprint density at radius 2 is 1.84 bits per heavy atom. The Bertz CT molecular complexity index is 1390. The molecule has 4 heterocycles. The molecule has 0 amide bonds. The molecule has 7 nitrogen and oxygen atoms in total. The monoisotopic (exact) mass is 411 g/mol. The van der Waals surface area contributed by atoms with E-state index in [9.17, 15) is 4.39 Å². The lowest BCUT2D eigenvalue weighted by Crippen LogP contribution is -1.99. The fourth-order valence-electron chi connectivity index (χ4n) is 3.37. The molecule has 4 aromatic heterocycles. The van der Waals surface area contributed by atoms with E-state index in [4.69, 9.17) is 4.98 Å². The maximum absolute atomic E-state index is 13.7. The summed E-state index contributed by atoms with van der Waals surface area (Å²) in [5, 5.41) is 11.4. The van der Waals surface area contributed by atoms with Crippen LogP contribution in [0.4, 0.5) is 15.9 Å². The first-order valence-electron chi connectivity index (χ1n) is 9.71. The molecule has 1 aromatic carbocycles. The van der Waals surface area contributed by atoms with E-state index >= 15 is 0 Å². The van der Waals surface area contributed by atoms with Crippen LogP contribution in [0.25, 0.3) is 28.1 Å². The number of aryl methyl sites for hydroxylation is 2. The molecule has 1 N–H and O–H groups in total. The molecule has 0 atom stereocenters. The van der Waals surface area contributed by atoms with Crippen LogP contribution in [0.3, 0.4) is 0 Å². The highest BCUT2D eigenvalue weighted by Crippen LogP contribution is 2.25. The maximum Gasteiger partial charge on any atom is 0.213 e. The normalized spacial score (nSPS) is 11.1. The number of hydrogen-bond donors (Lipinski definition) is 1. The van der Waals surface area contributed by atoms with Crippen molar-refractivity contribution in [2.75, 3.05) is 5.32 Å². The number of anilines is 2. The minimum Gasteiger partial charge on any atom is -0.339 e. The first-order chi connectivity index (χ1) is 15.1. The van der Waals surface area contributed by atoms with Crippen molar-refractivity contribution in [1.29, 1.82) is 0 Å². The van der Waals surface area contributed by atoms with Crippen molar-refractivity contribution in [1.82, 2.24) is 29.7 Å². The average Bonchev–Trinajstić information content (AvgIpc) is 3.20. The fraction of sp³-hybridized carbons (Fsp3) is 0.0870. The van der Waals surface area contributed by atoms with Crippen molar-refractivity contribution in [3.63, 3.8) is 0 Å². The second kappa shape index (κ2) is 7.56. The predicted octanol–water partition coefficient (Wildman–Crippen LogP) is 4.77. The van der Waals surface area contributed by atoms with Crippen LogP contribution in [0.15, 0.2) is 67.1 Å². The Kier molecular flexibility index (Phi) is 4.59. The standard InChI is InChI=1S/C23H18FN7/c1-14-12-25-21(24)11-17(14)18-4-3-5-23(28-18)31-13-26-19-10-16(7-8-20(19)31)27-22-9-6-15(2)29-30-22/h3-13H,1-2H3,(H,27,30). The number of fused-ring (bicyclic) bond motifs is 1. The van der Waals surface area contributed by atoms with Crippen molar-refractivity contribution in [2.24, 2.45) is 0 Å². The highest BCUT2D eigenvalue weighted by Gasteiger charge is 2.11. The van der Waals surface area contributed by atoms with E-state index in [-0.39, 0.29) is 0 Å². The van der Waals surface area contributed by atoms with Gasteiger partial charge in [0, 0.05) is 23.5 Å². The lowest BCUT2D eigenvalue weighted by molar-refractivity contribution is 0.583. The van der Waals surface area contributed by atoms with Gasteiger partial charge in [-0.3, -0.25) is 4.57 Å². The lowest BCUT2D eigenvalue weighted by atomic mass is 10.1. The van der Waals surface area contributed by atoms with Crippen LogP contribution in [0, 0.1) is 19.8 Å². The maximum atomic E-state index is 13.7. The zero-order valence-electron chi connectivity index (χ0n) is 16.9. The summed E-state index contributed by atoms with van der Waals surface area (Å²) >= 11 is 0. The summed E-state index contributed by atoms with van der Waals surface area (Å²) in [5.74, 6) is 0.833. The van der Waals surface area contributed by atoms with Crippen LogP contribution in [-0.2, 0) is 0 Å². The van der Waals surface area contributed by atoms with Crippen LogP contribution < -0.4 is 5.32 Å². The van der Waals surface area contributed by atoms with E-state index in [0.29, 0.717) is 22.9 Å². The van der Waals surface area contributed by atoms with Gasteiger partial charge < -0.3 is 5.32 Å². The van der Waals surface area contributed by atoms with Crippen molar-refractivity contribution in [3.8, 4) is 17.1 Å². The zero-order valence-corrected chi connectivity index (χ0v) is 16.9. The quantitative estimate of drug-likeness (QED) is 0.429. The average molecular weight is 411 g/mol. The number of rotatable bonds is 4. The van der Waals surface area contributed by atoms with Gasteiger partial charge in [0.05, 0.1) is 22.4 Å². The summed E-state index contributed by atoms with van der Waals surface area (Å²) in [4.78, 5) is 12.9. The van der Waals surface area contributed by atoms with Crippen LogP contribution in [0.2, 0.25) is 0 Å². The topological polar surface area (TPSA) is 81.4 Å². The summed E-state index contributed by atoms with van der Waals surface area (Å²) in [7, 11) is 0. The molecule has 152 valence electrons. The first kappa shape index (κ1) is 18.8. The molecule has 0 aliphatic carbocycles. The van der Waals surface area contributed by atoms with E-state index in [0.717, 1.165) is 28.0 Å². The number of aromatic nitrogens is 6. The molecule has 0 unspecified atom stereocenters. The molecule has 0 aliphatic rings. The zero-order chi connectivity index (χ0) is 21.4. The molecular weight excluding hydrogens is 393 g/mol. The molecule has 0 aliphatic heterocycles. The van der Waals surface area contributed by atoms with Crippen molar-refractivity contribution < 1.29 is 4.39 Å². The van der Waals surface area contributed by atoms with Gasteiger partial charge >= 0.3 is 0 Å². The van der Waals surface area contributed by atoms with Crippen molar-refractivity contribution in [2.45, 2.75) is 13.8 Å². The minimum absolute atomic E-state index is 0.529. The molecule has 0 saturated heterocycles. The molecule has 8 heteroatoms. The third kappa shape index (κ3) is 3.71. The lowest BCUT2D eigenvalue weighted by Gasteiger charge is -2.09. The number of imidazole rings is 1. The SMILES string of the molecule is Cc1ccc(Nc2ccc3c(c2)ncn3-c2cccc(-c3cc(F)ncc3C)n2)nn1. The van der Waals surface area contributed by atoms with Gasteiger partial charge in [0.2, 0.25) is 5.95 Å². The Balaban J connectivity index is 1.49. The Labute approximate surface area is 177 Å². The van der Waals surface area contributed by atoms with E-state index in [2.05, 4.69) is 25.5 Å². The van der Waals surface area contributed by atoms with Gasteiger partial charge in [0.1, 0.15) is 12.1 Å². The summed E-state index contributed by atoms with van der Waals surface area (Å²) in [5.41, 5.74) is 5.68. The number of benzene rings is 1. The van der Waals surface area contributed by atoms with E-state index in [1.165, 1.54) is 12.3 Å². The van der Waals surface area contributed by atoms with Gasteiger partial charge in [-0.2, -0.15) is 9.49 Å². The molecule has 0 saturated carbocycles. The minimum atomic E-state index is -0.529. The van der Waals surface area contributed by atoms with Gasteiger partial charge in [0.15, 0.2) is 5.82 Å². The third-order valence-electron chi connectivity index (χ3n) is 4.94. The number of hydrogen-bond acceptors (Lipinski definition) is 6. The molecule has 0 fully saturated rings. The summed E-state index contributed by atoms with van der Waals surface area (Å²) in [6.07, 6.45) is 3.24. The number of pyridine rings is 2. The van der Waals surface area contributed by atoms with E-state index in [1.54, 1.807) is 6.33 Å². The van der Waals surface area contributed by atoms with Crippen LogP contribution in [0.1, 0.15) is 11.3 Å². The predicted molar refractivity (Wildman–Crippen MR) is 117 cm³/mol. The summed E-state index contributed by atoms with van der Waals surface area (Å²) in [6.45, 7) is 3.78. The number of nitrogens with one attached hydrogen (secondary N) is 1. The Morgan fingerprint density at radius 3 is 2.68 bits per heavy atom. The number of halogens is 1. The highest BCUT2D eigenvalue weighted by atomic mass is 19.1. The first-order valence-corrected chi connectivity index (χ1v) is 9.71. The van der Waals surface area contributed by atoms with Crippen molar-refractivity contribution >= 4 is 22.5 Å². The van der Waals surface area contributed by atoms with Gasteiger partial charge in [-0.1, -0.05) is 6.07 Å². The molecule has 5 rings (SSSR count). The molecule has 0 spiro atoms. The second-order valence-corrected chi connectivity index (χ2v) is 7.21. The fourth-order valence-corrected chi connectivity index (χ4v) is 3.37. The van der Waals surface area contributed by atoms with Gasteiger partial charge in [-0.15, -0.1) is 5.10 Å². The van der Waals surface area contributed by atoms with Crippen LogP contribution in [-0.4, -0.2) is 29.7 Å². The summed E-state index contributed by atoms with van der Waals surface area (Å²) in [6, 6.07) is 16.7. The molecular formula is C23H18FN7. The van der Waals surface area contributed by atoms with Crippen molar-refractivity contribution in [3.05, 3.63) is 84.3 Å². The van der Waals surface area contributed by atoms with Gasteiger partial charge in [-0.25, -0.2) is 15.0 Å². The smallest absolute Gasteiger partial charge is 0.213 e. The van der Waals surface area contributed by atoms with E-state index in [1.807, 2.05) is 66.9 Å². The highest BCUT2D eigenvalue weighted by molar-refractivity contribution is 5.82. The van der Waals surface area contributed by atoms with Gasteiger partial charge in [0.25, 0.3) is 0 Å². The largest absolute Gasteiger partial charge is 0.339 e. The molecule has 0 radical (unpaired) electrons. The molecule has 0 bridgehead atoms. The second-order valence-electron chi connectivity index (χ2n) is 7.21. The third-order valence-corrected chi connectivity index (χ3v) is 4.94. The van der Waals surface area contributed by atoms with Gasteiger partial charge in [-0.05, 0) is 61.9 Å². The van der Waals surface area contributed by atoms with E-state index < -0.39 is 5.95 Å². The molecule has 31 heavy (non-hydrogen) atoms. The summed E-state index contributed by atoms with van der Waals surface area (Å²) < 4.78 is 15.6. The Hall–Kier alpha value is -4.20. The number of nitrogens with zero attached hydrogens (tertiary/aromatic N) is 6. The van der Waals surface area contributed by atoms with Crippen LogP contribution in [0.5, 0.6) is 0 Å².